The summed E-state index contributed by atoms with van der Waals surface area (Å²) < 4.78 is 11.0. The molecule has 110 valence electrons. The van der Waals surface area contributed by atoms with Crippen LogP contribution in [0.2, 0.25) is 0 Å². The Hall–Kier alpha value is -1.82. The van der Waals surface area contributed by atoms with Crippen LogP contribution in [0, 0.1) is 5.92 Å². The molecule has 1 aromatic carbocycles. The summed E-state index contributed by atoms with van der Waals surface area (Å²) in [6, 6.07) is 5.65. The maximum Gasteiger partial charge on any atom is 0.186 e. The average molecular weight is 295 g/mol. The second-order valence-electron chi connectivity index (χ2n) is 4.56. The van der Waals surface area contributed by atoms with Gasteiger partial charge in [-0.3, -0.25) is 5.43 Å². The van der Waals surface area contributed by atoms with Crippen molar-refractivity contribution in [3.8, 4) is 11.5 Å². The Morgan fingerprint density at radius 1 is 1.40 bits per heavy atom. The summed E-state index contributed by atoms with van der Waals surface area (Å²) in [4.78, 5) is 0. The Balaban J connectivity index is 2.73. The quantitative estimate of drug-likeness (QED) is 0.478. The third-order valence-electron chi connectivity index (χ3n) is 2.37. The predicted molar refractivity (Wildman–Crippen MR) is 85.7 cm³/mol. The molecule has 0 aliphatic rings. The van der Waals surface area contributed by atoms with Gasteiger partial charge in [0.2, 0.25) is 0 Å². The Kier molecular flexibility index (Phi) is 6.79. The first-order chi connectivity index (χ1) is 9.56. The molecule has 5 nitrogen and oxygen atoms in total. The molecule has 0 aliphatic carbocycles. The van der Waals surface area contributed by atoms with Crippen molar-refractivity contribution in [2.24, 2.45) is 11.0 Å². The van der Waals surface area contributed by atoms with Crippen LogP contribution in [0.1, 0.15) is 19.4 Å². The van der Waals surface area contributed by atoms with Crippen LogP contribution < -0.4 is 20.2 Å². The van der Waals surface area contributed by atoms with E-state index in [9.17, 15) is 0 Å². The lowest BCUT2D eigenvalue weighted by Crippen LogP contribution is -2.28. The van der Waals surface area contributed by atoms with Crippen molar-refractivity contribution in [3.05, 3.63) is 23.8 Å². The first-order valence-corrected chi connectivity index (χ1v) is 6.79. The molecule has 2 N–H and O–H groups in total. The van der Waals surface area contributed by atoms with Gasteiger partial charge in [-0.25, -0.2) is 0 Å². The average Bonchev–Trinajstić information content (AvgIpc) is 2.45. The topological polar surface area (TPSA) is 54.9 Å². The SMILES string of the molecule is CNC(=S)NN=Cc1ccc(OCC(C)C)c(OC)c1. The van der Waals surface area contributed by atoms with Gasteiger partial charge < -0.3 is 14.8 Å². The summed E-state index contributed by atoms with van der Waals surface area (Å²) in [6.45, 7) is 4.86. The summed E-state index contributed by atoms with van der Waals surface area (Å²) >= 11 is 4.92. The van der Waals surface area contributed by atoms with Gasteiger partial charge in [0.05, 0.1) is 19.9 Å². The molecular formula is C14H21N3O2S. The van der Waals surface area contributed by atoms with Gasteiger partial charge in [0.25, 0.3) is 0 Å². The van der Waals surface area contributed by atoms with E-state index in [1.54, 1.807) is 20.4 Å². The summed E-state index contributed by atoms with van der Waals surface area (Å²) in [5.74, 6) is 1.88. The highest BCUT2D eigenvalue weighted by Crippen LogP contribution is 2.27. The number of nitrogens with one attached hydrogen (secondary N) is 2. The number of hydrogen-bond acceptors (Lipinski definition) is 4. The Labute approximate surface area is 125 Å². The molecule has 0 spiro atoms. The smallest absolute Gasteiger partial charge is 0.186 e. The molecule has 0 aliphatic heterocycles. The molecule has 20 heavy (non-hydrogen) atoms. The first-order valence-electron chi connectivity index (χ1n) is 6.38. The molecule has 0 saturated carbocycles. The number of rotatable bonds is 6. The zero-order chi connectivity index (χ0) is 15.0. The van der Waals surface area contributed by atoms with E-state index in [-0.39, 0.29) is 0 Å². The van der Waals surface area contributed by atoms with E-state index < -0.39 is 0 Å². The molecule has 1 rings (SSSR count). The van der Waals surface area contributed by atoms with Crippen LogP contribution in [0.3, 0.4) is 0 Å². The van der Waals surface area contributed by atoms with E-state index in [1.165, 1.54) is 0 Å². The number of hydrogen-bond donors (Lipinski definition) is 2. The zero-order valence-electron chi connectivity index (χ0n) is 12.3. The van der Waals surface area contributed by atoms with Gasteiger partial charge in [-0.1, -0.05) is 13.8 Å². The molecule has 0 heterocycles. The van der Waals surface area contributed by atoms with Crippen molar-refractivity contribution < 1.29 is 9.47 Å². The van der Waals surface area contributed by atoms with Gasteiger partial charge in [0.15, 0.2) is 16.6 Å². The number of nitrogens with zero attached hydrogens (tertiary/aromatic N) is 1. The van der Waals surface area contributed by atoms with Crippen LogP contribution in [-0.2, 0) is 0 Å². The standard InChI is InChI=1S/C14H21N3O2S/c1-10(2)9-19-12-6-5-11(7-13(12)18-4)8-16-17-14(20)15-3/h5-8,10H,9H2,1-4H3,(H2,15,17,20). The predicted octanol–water partition coefficient (Wildman–Crippen LogP) is 2.16. The van der Waals surface area contributed by atoms with E-state index in [4.69, 9.17) is 21.7 Å². The monoisotopic (exact) mass is 295 g/mol. The van der Waals surface area contributed by atoms with E-state index in [1.807, 2.05) is 18.2 Å². The summed E-state index contributed by atoms with van der Waals surface area (Å²) in [5.41, 5.74) is 3.58. The van der Waals surface area contributed by atoms with Gasteiger partial charge in [0.1, 0.15) is 0 Å². The molecule has 0 aromatic heterocycles. The van der Waals surface area contributed by atoms with Crippen molar-refractivity contribution in [3.63, 3.8) is 0 Å². The van der Waals surface area contributed by atoms with Crippen molar-refractivity contribution in [2.45, 2.75) is 13.8 Å². The normalized spacial score (nSPS) is 10.7. The molecule has 0 fully saturated rings. The minimum atomic E-state index is 0.463. The number of hydrazone groups is 1. The van der Waals surface area contributed by atoms with Gasteiger partial charge in [-0.2, -0.15) is 5.10 Å². The summed E-state index contributed by atoms with van der Waals surface area (Å²) in [6.07, 6.45) is 1.67. The molecular weight excluding hydrogens is 274 g/mol. The van der Waals surface area contributed by atoms with Crippen molar-refractivity contribution in [2.75, 3.05) is 20.8 Å². The molecule has 0 amide bonds. The second-order valence-corrected chi connectivity index (χ2v) is 4.97. The summed E-state index contributed by atoms with van der Waals surface area (Å²) in [7, 11) is 3.35. The van der Waals surface area contributed by atoms with Gasteiger partial charge in [-0.15, -0.1) is 0 Å². The Morgan fingerprint density at radius 2 is 2.15 bits per heavy atom. The largest absolute Gasteiger partial charge is 0.493 e. The third kappa shape index (κ3) is 5.44. The lowest BCUT2D eigenvalue weighted by Gasteiger charge is -2.12. The van der Waals surface area contributed by atoms with Gasteiger partial charge >= 0.3 is 0 Å². The maximum absolute atomic E-state index is 5.69. The molecule has 0 unspecified atom stereocenters. The van der Waals surface area contributed by atoms with Gasteiger partial charge in [0, 0.05) is 7.05 Å². The Morgan fingerprint density at radius 3 is 2.75 bits per heavy atom. The number of benzene rings is 1. The zero-order valence-corrected chi connectivity index (χ0v) is 13.1. The molecule has 0 bridgehead atoms. The van der Waals surface area contributed by atoms with Crippen LogP contribution >= 0.6 is 12.2 Å². The van der Waals surface area contributed by atoms with Crippen molar-refractivity contribution in [1.29, 1.82) is 0 Å². The van der Waals surface area contributed by atoms with E-state index in [0.29, 0.717) is 23.4 Å². The Bertz CT molecular complexity index is 475. The van der Waals surface area contributed by atoms with E-state index in [0.717, 1.165) is 11.3 Å². The third-order valence-corrected chi connectivity index (χ3v) is 2.66. The van der Waals surface area contributed by atoms with E-state index in [2.05, 4.69) is 29.7 Å². The first kappa shape index (κ1) is 16.2. The molecule has 6 heteroatoms. The minimum absolute atomic E-state index is 0.463. The molecule has 0 atom stereocenters. The van der Waals surface area contributed by atoms with Crippen LogP contribution in [0.4, 0.5) is 0 Å². The van der Waals surface area contributed by atoms with Crippen molar-refractivity contribution >= 4 is 23.5 Å². The van der Waals surface area contributed by atoms with Crippen LogP contribution in [-0.4, -0.2) is 32.1 Å². The fraction of sp³-hybridized carbons (Fsp3) is 0.429. The maximum atomic E-state index is 5.69. The fourth-order valence-corrected chi connectivity index (χ4v) is 1.41. The number of methoxy groups -OCH3 is 1. The van der Waals surface area contributed by atoms with E-state index >= 15 is 0 Å². The minimum Gasteiger partial charge on any atom is -0.493 e. The lowest BCUT2D eigenvalue weighted by molar-refractivity contribution is 0.257. The second kappa shape index (κ2) is 8.37. The highest BCUT2D eigenvalue weighted by Gasteiger charge is 2.06. The van der Waals surface area contributed by atoms with Crippen LogP contribution in [0.5, 0.6) is 11.5 Å². The molecule has 0 radical (unpaired) electrons. The number of thiocarbonyl (C=S) groups is 1. The molecule has 0 saturated heterocycles. The number of ether oxygens (including phenoxy) is 2. The molecule has 1 aromatic rings. The summed E-state index contributed by atoms with van der Waals surface area (Å²) in [5, 5.41) is 7.25. The lowest BCUT2D eigenvalue weighted by atomic mass is 10.2. The van der Waals surface area contributed by atoms with Gasteiger partial charge in [-0.05, 0) is 41.9 Å². The van der Waals surface area contributed by atoms with Crippen LogP contribution in [0.25, 0.3) is 0 Å². The fourth-order valence-electron chi connectivity index (χ4n) is 1.36. The van der Waals surface area contributed by atoms with Crippen molar-refractivity contribution in [1.82, 2.24) is 10.7 Å². The van der Waals surface area contributed by atoms with Crippen LogP contribution in [0.15, 0.2) is 23.3 Å². The highest BCUT2D eigenvalue weighted by atomic mass is 32.1. The highest BCUT2D eigenvalue weighted by molar-refractivity contribution is 7.80.